The third-order valence-corrected chi connectivity index (χ3v) is 7.00. The van der Waals surface area contributed by atoms with Crippen molar-refractivity contribution in [2.75, 3.05) is 20.2 Å². The van der Waals surface area contributed by atoms with Crippen molar-refractivity contribution in [3.63, 3.8) is 0 Å². The van der Waals surface area contributed by atoms with Gasteiger partial charge in [-0.3, -0.25) is 9.59 Å². The molecule has 0 saturated carbocycles. The zero-order chi connectivity index (χ0) is 25.1. The number of amides is 2. The normalized spacial score (nSPS) is 17.9. The molecule has 0 radical (unpaired) electrons. The molecule has 2 amide bonds. The van der Waals surface area contributed by atoms with E-state index in [0.717, 1.165) is 16.9 Å². The summed E-state index contributed by atoms with van der Waals surface area (Å²) in [5.74, 6) is 0.512. The van der Waals surface area contributed by atoms with Crippen molar-refractivity contribution in [3.8, 4) is 5.75 Å². The number of aryl methyl sites for hydroxylation is 1. The molecule has 1 saturated heterocycles. The van der Waals surface area contributed by atoms with Crippen LogP contribution in [0.15, 0.2) is 48.5 Å². The summed E-state index contributed by atoms with van der Waals surface area (Å²) in [7, 11) is 1.62. The topological polar surface area (TPSA) is 98.6 Å². The van der Waals surface area contributed by atoms with Crippen molar-refractivity contribution in [3.05, 3.63) is 76.6 Å². The van der Waals surface area contributed by atoms with Gasteiger partial charge in [-0.25, -0.2) is 4.68 Å². The number of benzene rings is 2. The highest BCUT2D eigenvalue weighted by Crippen LogP contribution is 2.28. The third kappa shape index (κ3) is 5.11. The molecule has 5 rings (SSSR count). The summed E-state index contributed by atoms with van der Waals surface area (Å²) >= 11 is 0. The number of methoxy groups -OCH3 is 1. The van der Waals surface area contributed by atoms with Crippen molar-refractivity contribution in [1.82, 2.24) is 25.2 Å². The molecule has 1 atom stereocenters. The Kier molecular flexibility index (Phi) is 6.99. The number of fused-ring (bicyclic) bond motifs is 1. The molecule has 36 heavy (non-hydrogen) atoms. The predicted molar refractivity (Wildman–Crippen MR) is 132 cm³/mol. The Bertz CT molecular complexity index is 1230. The second kappa shape index (κ2) is 10.5. The second-order valence-electron chi connectivity index (χ2n) is 9.41. The highest BCUT2D eigenvalue weighted by atomic mass is 16.5. The van der Waals surface area contributed by atoms with Crippen LogP contribution < -0.4 is 10.1 Å². The van der Waals surface area contributed by atoms with E-state index in [-0.39, 0.29) is 30.4 Å². The van der Waals surface area contributed by atoms with Gasteiger partial charge in [-0.1, -0.05) is 47.2 Å². The highest BCUT2D eigenvalue weighted by Gasteiger charge is 2.33. The van der Waals surface area contributed by atoms with E-state index in [1.807, 2.05) is 24.3 Å². The smallest absolute Gasteiger partial charge is 0.276 e. The summed E-state index contributed by atoms with van der Waals surface area (Å²) in [5.41, 5.74) is 4.32. The first-order valence-electron chi connectivity index (χ1n) is 12.3. The SMILES string of the molecule is COc1cccc(CNC(=O)C2CCN(C(=O)c3nnn4c3CO[C@@H](c3ccc(C)cc3)C4)CC2)c1. The van der Waals surface area contributed by atoms with Crippen molar-refractivity contribution < 1.29 is 19.1 Å². The average Bonchev–Trinajstić information content (AvgIpc) is 3.35. The van der Waals surface area contributed by atoms with Crippen LogP contribution in [0.2, 0.25) is 0 Å². The molecule has 3 heterocycles. The monoisotopic (exact) mass is 489 g/mol. The Morgan fingerprint density at radius 3 is 2.67 bits per heavy atom. The van der Waals surface area contributed by atoms with Gasteiger partial charge in [0.25, 0.3) is 5.91 Å². The van der Waals surface area contributed by atoms with Gasteiger partial charge >= 0.3 is 0 Å². The molecule has 1 N–H and O–H groups in total. The van der Waals surface area contributed by atoms with Crippen LogP contribution >= 0.6 is 0 Å². The van der Waals surface area contributed by atoms with E-state index in [4.69, 9.17) is 9.47 Å². The molecular formula is C27H31N5O4. The number of hydrogen-bond donors (Lipinski definition) is 1. The second-order valence-corrected chi connectivity index (χ2v) is 9.41. The third-order valence-electron chi connectivity index (χ3n) is 7.00. The van der Waals surface area contributed by atoms with Crippen LogP contribution in [0, 0.1) is 12.8 Å². The lowest BCUT2D eigenvalue weighted by molar-refractivity contribution is -0.126. The van der Waals surface area contributed by atoms with Gasteiger partial charge in [0.15, 0.2) is 5.69 Å². The van der Waals surface area contributed by atoms with Gasteiger partial charge in [0, 0.05) is 25.6 Å². The number of aromatic nitrogens is 3. The molecule has 0 spiro atoms. The Hall–Kier alpha value is -3.72. The van der Waals surface area contributed by atoms with Crippen molar-refractivity contribution in [2.24, 2.45) is 5.92 Å². The zero-order valence-electron chi connectivity index (χ0n) is 20.6. The average molecular weight is 490 g/mol. The Balaban J connectivity index is 1.14. The maximum atomic E-state index is 13.2. The number of ether oxygens (including phenoxy) is 2. The largest absolute Gasteiger partial charge is 0.497 e. The lowest BCUT2D eigenvalue weighted by atomic mass is 9.95. The van der Waals surface area contributed by atoms with Crippen LogP contribution in [0.5, 0.6) is 5.75 Å². The van der Waals surface area contributed by atoms with Crippen LogP contribution in [0.25, 0.3) is 0 Å². The molecule has 1 fully saturated rings. The fraction of sp³-hybridized carbons (Fsp3) is 0.407. The molecule has 1 aromatic heterocycles. The standard InChI is InChI=1S/C27H31N5O4/c1-18-6-8-20(9-7-18)24-16-32-23(17-36-24)25(29-30-32)27(34)31-12-10-21(11-13-31)26(33)28-15-19-4-3-5-22(14-19)35-2/h3-9,14,21,24H,10-13,15-17H2,1-2H3,(H,28,33)/t24-/m1/s1. The first-order valence-corrected chi connectivity index (χ1v) is 12.3. The number of piperidine rings is 1. The maximum absolute atomic E-state index is 13.2. The highest BCUT2D eigenvalue weighted by molar-refractivity contribution is 5.93. The van der Waals surface area contributed by atoms with Crippen molar-refractivity contribution in [2.45, 2.75) is 45.6 Å². The molecule has 2 aromatic carbocycles. The first kappa shape index (κ1) is 24.0. The number of hydrogen-bond acceptors (Lipinski definition) is 6. The van der Waals surface area contributed by atoms with Gasteiger partial charge in [0.2, 0.25) is 5.91 Å². The summed E-state index contributed by atoms with van der Waals surface area (Å²) in [6, 6.07) is 15.9. The zero-order valence-corrected chi connectivity index (χ0v) is 20.6. The molecule has 0 unspecified atom stereocenters. The number of nitrogens with zero attached hydrogens (tertiary/aromatic N) is 4. The lowest BCUT2D eigenvalue weighted by Gasteiger charge is -2.31. The van der Waals surface area contributed by atoms with Crippen LogP contribution in [0.3, 0.4) is 0 Å². The van der Waals surface area contributed by atoms with Gasteiger partial charge in [0.05, 0.1) is 26.0 Å². The van der Waals surface area contributed by atoms with E-state index in [1.54, 1.807) is 16.7 Å². The van der Waals surface area contributed by atoms with Gasteiger partial charge in [-0.2, -0.15) is 0 Å². The van der Waals surface area contributed by atoms with Gasteiger partial charge in [-0.15, -0.1) is 5.10 Å². The van der Waals surface area contributed by atoms with Crippen LogP contribution in [-0.2, 0) is 29.2 Å². The minimum Gasteiger partial charge on any atom is -0.497 e. The minimum atomic E-state index is -0.149. The van der Waals surface area contributed by atoms with E-state index in [2.05, 4.69) is 46.8 Å². The molecule has 0 aliphatic carbocycles. The van der Waals surface area contributed by atoms with Crippen LogP contribution in [-0.4, -0.2) is 51.9 Å². The summed E-state index contributed by atoms with van der Waals surface area (Å²) in [6.45, 7) is 4.33. The molecule has 188 valence electrons. The molecule has 9 heteroatoms. The van der Waals surface area contributed by atoms with E-state index in [1.165, 1.54) is 5.56 Å². The molecular weight excluding hydrogens is 458 g/mol. The summed E-state index contributed by atoms with van der Waals surface area (Å²) in [4.78, 5) is 27.7. The fourth-order valence-corrected chi connectivity index (χ4v) is 4.77. The van der Waals surface area contributed by atoms with E-state index >= 15 is 0 Å². The van der Waals surface area contributed by atoms with Crippen LogP contribution in [0.4, 0.5) is 0 Å². The number of nitrogens with one attached hydrogen (secondary N) is 1. The molecule has 0 bridgehead atoms. The van der Waals surface area contributed by atoms with Gasteiger partial charge in [-0.05, 0) is 43.0 Å². The minimum absolute atomic E-state index is 0.0153. The van der Waals surface area contributed by atoms with Gasteiger partial charge in [0.1, 0.15) is 11.9 Å². The Labute approximate surface area is 210 Å². The molecule has 2 aliphatic rings. The Morgan fingerprint density at radius 1 is 1.14 bits per heavy atom. The van der Waals surface area contributed by atoms with Crippen LogP contribution in [0.1, 0.15) is 51.8 Å². The number of carbonyl (C=O) groups is 2. The quantitative estimate of drug-likeness (QED) is 0.572. The van der Waals surface area contributed by atoms with E-state index in [0.29, 0.717) is 50.4 Å². The van der Waals surface area contributed by atoms with Gasteiger partial charge < -0.3 is 19.7 Å². The predicted octanol–water partition coefficient (Wildman–Crippen LogP) is 3.04. The first-order chi connectivity index (χ1) is 17.5. The number of likely N-dealkylation sites (tertiary alicyclic amines) is 1. The lowest BCUT2D eigenvalue weighted by Crippen LogP contribution is -2.43. The summed E-state index contributed by atoms with van der Waals surface area (Å²) in [5, 5.41) is 11.5. The summed E-state index contributed by atoms with van der Waals surface area (Å²) in [6.07, 6.45) is 1.12. The Morgan fingerprint density at radius 2 is 1.92 bits per heavy atom. The van der Waals surface area contributed by atoms with Crippen molar-refractivity contribution >= 4 is 11.8 Å². The van der Waals surface area contributed by atoms with E-state index in [9.17, 15) is 9.59 Å². The molecule has 2 aliphatic heterocycles. The molecule has 9 nitrogen and oxygen atoms in total. The number of carbonyl (C=O) groups excluding carboxylic acids is 2. The van der Waals surface area contributed by atoms with Crippen molar-refractivity contribution in [1.29, 1.82) is 0 Å². The van der Waals surface area contributed by atoms with E-state index < -0.39 is 0 Å². The molecule has 3 aromatic rings. The summed E-state index contributed by atoms with van der Waals surface area (Å²) < 4.78 is 13.1. The number of rotatable bonds is 6. The maximum Gasteiger partial charge on any atom is 0.276 e. The fourth-order valence-electron chi connectivity index (χ4n) is 4.77.